The largest absolute Gasteiger partial charge is 0.467 e. The molecule has 0 bridgehead atoms. The molecule has 2 N–H and O–H groups in total. The zero-order valence-electron chi connectivity index (χ0n) is 10.5. The van der Waals surface area contributed by atoms with E-state index in [-0.39, 0.29) is 11.9 Å². The minimum Gasteiger partial charge on any atom is -0.467 e. The summed E-state index contributed by atoms with van der Waals surface area (Å²) in [5, 5.41) is 0. The zero-order chi connectivity index (χ0) is 12.7. The summed E-state index contributed by atoms with van der Waals surface area (Å²) in [6.07, 6.45) is 0.590. The average molecular weight is 230 g/mol. The monoisotopic (exact) mass is 230 g/mol. The van der Waals surface area contributed by atoms with E-state index >= 15 is 0 Å². The third-order valence-corrected chi connectivity index (χ3v) is 2.32. The van der Waals surface area contributed by atoms with E-state index in [1.165, 1.54) is 18.9 Å². The molecule has 0 aromatic carbocycles. The Labute approximate surface area is 96.9 Å². The van der Waals surface area contributed by atoms with Gasteiger partial charge in [-0.2, -0.15) is 0 Å². The Hall–Kier alpha value is -1.10. The van der Waals surface area contributed by atoms with Crippen molar-refractivity contribution in [1.29, 1.82) is 0 Å². The third-order valence-electron chi connectivity index (χ3n) is 2.32. The molecule has 1 unspecified atom stereocenters. The molecule has 5 nitrogen and oxygen atoms in total. The van der Waals surface area contributed by atoms with E-state index in [4.69, 9.17) is 10.5 Å². The third kappa shape index (κ3) is 4.61. The van der Waals surface area contributed by atoms with E-state index < -0.39 is 6.04 Å². The molecule has 0 aliphatic rings. The molecule has 1 amide bonds. The number of amides is 1. The van der Waals surface area contributed by atoms with Gasteiger partial charge >= 0.3 is 5.97 Å². The molecular weight excluding hydrogens is 208 g/mol. The lowest BCUT2D eigenvalue weighted by atomic mass is 10.0. The number of ether oxygens (including phenoxy) is 1. The summed E-state index contributed by atoms with van der Waals surface area (Å²) in [5.74, 6) is -0.220. The predicted octanol–water partition coefficient (Wildman–Crippen LogP) is 0.381. The van der Waals surface area contributed by atoms with Crippen molar-refractivity contribution in [3.05, 3.63) is 0 Å². The van der Waals surface area contributed by atoms with E-state index in [1.807, 2.05) is 13.8 Å². The Morgan fingerprint density at radius 2 is 1.94 bits per heavy atom. The Balaban J connectivity index is 4.80. The van der Waals surface area contributed by atoms with E-state index in [0.29, 0.717) is 25.4 Å². The fourth-order valence-corrected chi connectivity index (χ4v) is 1.61. The Bertz CT molecular complexity index is 241. The maximum absolute atomic E-state index is 11.6. The second-order valence-electron chi connectivity index (χ2n) is 4.17. The van der Waals surface area contributed by atoms with Crippen molar-refractivity contribution < 1.29 is 14.3 Å². The number of esters is 1. The van der Waals surface area contributed by atoms with Gasteiger partial charge in [-0.25, -0.2) is 4.79 Å². The molecule has 0 aliphatic carbocycles. The number of carbonyl (C=O) groups excluding carboxylic acids is 2. The molecule has 0 rings (SSSR count). The highest BCUT2D eigenvalue weighted by Gasteiger charge is 2.28. The minimum absolute atomic E-state index is 0.151. The molecule has 0 fully saturated rings. The lowest BCUT2D eigenvalue weighted by Crippen LogP contribution is -2.47. The summed E-state index contributed by atoms with van der Waals surface area (Å²) in [4.78, 5) is 24.5. The molecular formula is C11H22N2O3. The number of hydrogen-bond donors (Lipinski definition) is 1. The van der Waals surface area contributed by atoms with Crippen LogP contribution in [0, 0.1) is 5.92 Å². The number of rotatable bonds is 6. The van der Waals surface area contributed by atoms with Gasteiger partial charge in [-0.3, -0.25) is 4.79 Å². The molecule has 0 spiro atoms. The Kier molecular flexibility index (Phi) is 6.72. The Morgan fingerprint density at radius 1 is 1.38 bits per heavy atom. The van der Waals surface area contributed by atoms with E-state index in [2.05, 4.69) is 0 Å². The lowest BCUT2D eigenvalue weighted by Gasteiger charge is -2.29. The summed E-state index contributed by atoms with van der Waals surface area (Å²) in [5.41, 5.74) is 5.43. The molecule has 0 saturated carbocycles. The molecule has 1 atom stereocenters. The molecule has 0 aromatic heterocycles. The zero-order valence-corrected chi connectivity index (χ0v) is 10.5. The fourth-order valence-electron chi connectivity index (χ4n) is 1.61. The van der Waals surface area contributed by atoms with Crippen molar-refractivity contribution in [2.24, 2.45) is 11.7 Å². The minimum atomic E-state index is -0.522. The van der Waals surface area contributed by atoms with Gasteiger partial charge in [0.2, 0.25) is 5.91 Å². The summed E-state index contributed by atoms with van der Waals surface area (Å²) in [6, 6.07) is -0.522. The number of hydrogen-bond acceptors (Lipinski definition) is 4. The topological polar surface area (TPSA) is 72.6 Å². The second kappa shape index (κ2) is 7.22. The van der Waals surface area contributed by atoms with Crippen molar-refractivity contribution >= 4 is 11.9 Å². The first-order valence-corrected chi connectivity index (χ1v) is 5.49. The molecule has 5 heteroatoms. The number of methoxy groups -OCH3 is 1. The molecule has 0 aliphatic heterocycles. The van der Waals surface area contributed by atoms with E-state index in [9.17, 15) is 9.59 Å². The van der Waals surface area contributed by atoms with Crippen LogP contribution in [0.2, 0.25) is 0 Å². The first-order valence-electron chi connectivity index (χ1n) is 5.49. The van der Waals surface area contributed by atoms with Gasteiger partial charge in [0.15, 0.2) is 0 Å². The van der Waals surface area contributed by atoms with Crippen LogP contribution in [0.4, 0.5) is 0 Å². The van der Waals surface area contributed by atoms with Gasteiger partial charge in [-0.05, 0) is 12.3 Å². The first-order chi connectivity index (χ1) is 7.43. The molecule has 0 radical (unpaired) electrons. The normalized spacial score (nSPS) is 12.4. The van der Waals surface area contributed by atoms with Crippen molar-refractivity contribution in [3.8, 4) is 0 Å². The van der Waals surface area contributed by atoms with Crippen LogP contribution >= 0.6 is 0 Å². The molecule has 0 saturated heterocycles. The van der Waals surface area contributed by atoms with Crippen LogP contribution in [0.15, 0.2) is 0 Å². The number of nitrogens with zero attached hydrogens (tertiary/aromatic N) is 1. The molecule has 0 aromatic rings. The van der Waals surface area contributed by atoms with Gasteiger partial charge in [0, 0.05) is 20.0 Å². The van der Waals surface area contributed by atoms with Crippen molar-refractivity contribution in [2.45, 2.75) is 33.2 Å². The van der Waals surface area contributed by atoms with Crippen LogP contribution in [-0.2, 0) is 14.3 Å². The molecule has 94 valence electrons. The second-order valence-corrected chi connectivity index (χ2v) is 4.17. The van der Waals surface area contributed by atoms with Crippen LogP contribution < -0.4 is 5.73 Å². The summed E-state index contributed by atoms with van der Waals surface area (Å²) >= 11 is 0. The van der Waals surface area contributed by atoms with Gasteiger partial charge < -0.3 is 15.4 Å². The highest BCUT2D eigenvalue weighted by atomic mass is 16.5. The van der Waals surface area contributed by atoms with Gasteiger partial charge in [-0.15, -0.1) is 0 Å². The van der Waals surface area contributed by atoms with Gasteiger partial charge in [0.05, 0.1) is 7.11 Å². The smallest absolute Gasteiger partial charge is 0.328 e. The van der Waals surface area contributed by atoms with Crippen molar-refractivity contribution in [3.63, 3.8) is 0 Å². The number of carbonyl (C=O) groups is 2. The summed E-state index contributed by atoms with van der Waals surface area (Å²) < 4.78 is 4.72. The van der Waals surface area contributed by atoms with Gasteiger partial charge in [-0.1, -0.05) is 13.8 Å². The van der Waals surface area contributed by atoms with Crippen LogP contribution in [0.25, 0.3) is 0 Å². The van der Waals surface area contributed by atoms with Crippen molar-refractivity contribution in [1.82, 2.24) is 4.90 Å². The average Bonchev–Trinajstić information content (AvgIpc) is 2.21. The number of nitrogens with two attached hydrogens (primary N) is 1. The Morgan fingerprint density at radius 3 is 2.25 bits per heavy atom. The van der Waals surface area contributed by atoms with E-state index in [1.54, 1.807) is 0 Å². The summed E-state index contributed by atoms with van der Waals surface area (Å²) in [7, 11) is 1.33. The van der Waals surface area contributed by atoms with Gasteiger partial charge in [0.1, 0.15) is 6.04 Å². The fraction of sp³-hybridized carbons (Fsp3) is 0.818. The first kappa shape index (κ1) is 14.9. The van der Waals surface area contributed by atoms with Crippen LogP contribution in [0.3, 0.4) is 0 Å². The predicted molar refractivity (Wildman–Crippen MR) is 61.7 cm³/mol. The molecule has 0 heterocycles. The maximum atomic E-state index is 11.6. The highest BCUT2D eigenvalue weighted by Crippen LogP contribution is 2.13. The standard InChI is InChI=1S/C11H22N2O3/c1-8(2)7-10(11(15)16-4)13(6-5-12)9(3)14/h8,10H,5-7,12H2,1-4H3. The van der Waals surface area contributed by atoms with Crippen molar-refractivity contribution in [2.75, 3.05) is 20.2 Å². The highest BCUT2D eigenvalue weighted by molar-refractivity contribution is 5.83. The van der Waals surface area contributed by atoms with E-state index in [0.717, 1.165) is 0 Å². The van der Waals surface area contributed by atoms with Crippen LogP contribution in [-0.4, -0.2) is 43.0 Å². The SMILES string of the molecule is COC(=O)C(CC(C)C)N(CCN)C(C)=O. The lowest BCUT2D eigenvalue weighted by molar-refractivity contribution is -0.152. The molecule has 16 heavy (non-hydrogen) atoms. The quantitative estimate of drug-likeness (QED) is 0.670. The summed E-state index contributed by atoms with van der Waals surface area (Å²) in [6.45, 7) is 6.15. The van der Waals surface area contributed by atoms with Gasteiger partial charge in [0.25, 0.3) is 0 Å². The van der Waals surface area contributed by atoms with Crippen LogP contribution in [0.1, 0.15) is 27.2 Å². The van der Waals surface area contributed by atoms with Crippen LogP contribution in [0.5, 0.6) is 0 Å². The maximum Gasteiger partial charge on any atom is 0.328 e.